The fourth-order valence-electron chi connectivity index (χ4n) is 2.03. The highest BCUT2D eigenvalue weighted by molar-refractivity contribution is 5.94. The summed E-state index contributed by atoms with van der Waals surface area (Å²) in [6.45, 7) is 0.999. The van der Waals surface area contributed by atoms with Crippen LogP contribution in [0.25, 0.3) is 0 Å². The molecule has 3 nitrogen and oxygen atoms in total. The Balaban J connectivity index is 0.00000162. The van der Waals surface area contributed by atoms with Crippen molar-refractivity contribution in [3.05, 3.63) is 35.4 Å². The van der Waals surface area contributed by atoms with Gasteiger partial charge in [0, 0.05) is 25.2 Å². The van der Waals surface area contributed by atoms with Crippen molar-refractivity contribution in [2.75, 3.05) is 13.1 Å². The van der Waals surface area contributed by atoms with Gasteiger partial charge in [-0.05, 0) is 25.0 Å². The van der Waals surface area contributed by atoms with E-state index in [1.807, 2.05) is 0 Å². The van der Waals surface area contributed by atoms with Gasteiger partial charge in [0.15, 0.2) is 0 Å². The normalized spacial score (nSPS) is 19.3. The molecule has 1 heterocycles. The molecule has 1 saturated heterocycles. The Morgan fingerprint density at radius 3 is 2.72 bits per heavy atom. The van der Waals surface area contributed by atoms with Gasteiger partial charge in [-0.15, -0.1) is 12.4 Å². The second kappa shape index (κ2) is 6.11. The number of benzene rings is 1. The van der Waals surface area contributed by atoms with E-state index < -0.39 is 17.5 Å². The summed E-state index contributed by atoms with van der Waals surface area (Å²) < 4.78 is 26.2. The predicted octanol–water partition coefficient (Wildman–Crippen LogP) is 1.95. The number of piperidine rings is 1. The molecule has 1 atom stereocenters. The van der Waals surface area contributed by atoms with Crippen LogP contribution in [-0.4, -0.2) is 29.9 Å². The Morgan fingerprint density at radius 2 is 2.11 bits per heavy atom. The number of amides is 1. The van der Waals surface area contributed by atoms with Gasteiger partial charge in [-0.25, -0.2) is 8.78 Å². The minimum atomic E-state index is -0.825. The lowest BCUT2D eigenvalue weighted by molar-refractivity contribution is 0.0704. The Bertz CT molecular complexity index is 442. The smallest absolute Gasteiger partial charge is 0.256 e. The van der Waals surface area contributed by atoms with Crippen molar-refractivity contribution in [2.24, 2.45) is 5.73 Å². The topological polar surface area (TPSA) is 46.3 Å². The molecule has 0 unspecified atom stereocenters. The van der Waals surface area contributed by atoms with Gasteiger partial charge in [0.05, 0.1) is 5.56 Å². The highest BCUT2D eigenvalue weighted by Crippen LogP contribution is 2.16. The Labute approximate surface area is 110 Å². The van der Waals surface area contributed by atoms with Crippen LogP contribution in [0.4, 0.5) is 8.78 Å². The van der Waals surface area contributed by atoms with E-state index in [9.17, 15) is 13.6 Å². The van der Waals surface area contributed by atoms with E-state index in [0.29, 0.717) is 13.1 Å². The zero-order valence-corrected chi connectivity index (χ0v) is 10.6. The molecule has 100 valence electrons. The number of rotatable bonds is 1. The summed E-state index contributed by atoms with van der Waals surface area (Å²) in [5, 5.41) is 0. The van der Waals surface area contributed by atoms with Crippen molar-refractivity contribution in [3.8, 4) is 0 Å². The molecule has 2 rings (SSSR count). The Kier molecular flexibility index (Phi) is 5.04. The Morgan fingerprint density at radius 1 is 1.39 bits per heavy atom. The van der Waals surface area contributed by atoms with Crippen molar-refractivity contribution in [1.82, 2.24) is 4.90 Å². The van der Waals surface area contributed by atoms with E-state index in [0.717, 1.165) is 25.0 Å². The molecule has 1 aliphatic heterocycles. The molecule has 1 amide bonds. The maximum atomic E-state index is 13.4. The van der Waals surface area contributed by atoms with Gasteiger partial charge in [0.2, 0.25) is 0 Å². The van der Waals surface area contributed by atoms with Crippen LogP contribution in [0.3, 0.4) is 0 Å². The van der Waals surface area contributed by atoms with Gasteiger partial charge in [-0.1, -0.05) is 0 Å². The monoisotopic (exact) mass is 276 g/mol. The van der Waals surface area contributed by atoms with E-state index in [1.165, 1.54) is 11.0 Å². The van der Waals surface area contributed by atoms with E-state index in [-0.39, 0.29) is 24.0 Å². The van der Waals surface area contributed by atoms with Gasteiger partial charge < -0.3 is 10.6 Å². The second-order valence-corrected chi connectivity index (χ2v) is 4.28. The molecule has 1 fully saturated rings. The second-order valence-electron chi connectivity index (χ2n) is 4.28. The molecular weight excluding hydrogens is 262 g/mol. The quantitative estimate of drug-likeness (QED) is 0.852. The summed E-state index contributed by atoms with van der Waals surface area (Å²) in [6.07, 6.45) is 1.69. The summed E-state index contributed by atoms with van der Waals surface area (Å²) in [5.74, 6) is -1.93. The van der Waals surface area contributed by atoms with Crippen LogP contribution in [0.2, 0.25) is 0 Å². The van der Waals surface area contributed by atoms with Gasteiger partial charge in [-0.2, -0.15) is 0 Å². The van der Waals surface area contributed by atoms with Crippen LogP contribution in [0.5, 0.6) is 0 Å². The third-order valence-electron chi connectivity index (χ3n) is 2.91. The summed E-state index contributed by atoms with van der Waals surface area (Å²) in [7, 11) is 0. The zero-order valence-electron chi connectivity index (χ0n) is 9.73. The van der Waals surface area contributed by atoms with Gasteiger partial charge >= 0.3 is 0 Å². The highest BCUT2D eigenvalue weighted by Gasteiger charge is 2.24. The summed E-state index contributed by atoms with van der Waals surface area (Å²) in [6, 6.07) is 2.92. The fourth-order valence-corrected chi connectivity index (χ4v) is 2.03. The summed E-state index contributed by atoms with van der Waals surface area (Å²) >= 11 is 0. The first-order chi connectivity index (χ1) is 8.08. The number of halogens is 3. The van der Waals surface area contributed by atoms with E-state index >= 15 is 0 Å². The molecule has 2 N–H and O–H groups in total. The first kappa shape index (κ1) is 14.9. The molecule has 1 aliphatic rings. The van der Waals surface area contributed by atoms with Gasteiger partial charge in [0.1, 0.15) is 11.6 Å². The number of hydrogen-bond donors (Lipinski definition) is 1. The molecule has 0 aliphatic carbocycles. The molecule has 6 heteroatoms. The van der Waals surface area contributed by atoms with Gasteiger partial charge in [-0.3, -0.25) is 4.79 Å². The van der Waals surface area contributed by atoms with E-state index in [4.69, 9.17) is 5.73 Å². The summed E-state index contributed by atoms with van der Waals surface area (Å²) in [5.41, 5.74) is 5.66. The molecular formula is C12H15ClF2N2O. The van der Waals surface area contributed by atoms with Crippen LogP contribution < -0.4 is 5.73 Å². The first-order valence-electron chi connectivity index (χ1n) is 5.58. The zero-order chi connectivity index (χ0) is 12.4. The standard InChI is InChI=1S/C12H14F2N2O.ClH/c13-8-3-4-10(11(14)6-8)12(17)16-5-1-2-9(15)7-16;/h3-4,6,9H,1-2,5,7,15H2;1H/t9-;/m1./s1. The highest BCUT2D eigenvalue weighted by atomic mass is 35.5. The van der Waals surface area contributed by atoms with Crippen LogP contribution in [0, 0.1) is 11.6 Å². The van der Waals surface area contributed by atoms with Crippen LogP contribution in [-0.2, 0) is 0 Å². The lowest BCUT2D eigenvalue weighted by Gasteiger charge is -2.30. The number of nitrogens with zero attached hydrogens (tertiary/aromatic N) is 1. The average Bonchev–Trinajstić information content (AvgIpc) is 2.28. The van der Waals surface area contributed by atoms with Crippen molar-refractivity contribution in [1.29, 1.82) is 0 Å². The minimum Gasteiger partial charge on any atom is -0.337 e. The van der Waals surface area contributed by atoms with Crippen molar-refractivity contribution in [2.45, 2.75) is 18.9 Å². The molecule has 0 radical (unpaired) electrons. The maximum absolute atomic E-state index is 13.4. The fraction of sp³-hybridized carbons (Fsp3) is 0.417. The third-order valence-corrected chi connectivity index (χ3v) is 2.91. The molecule has 0 aromatic heterocycles. The number of carbonyl (C=O) groups is 1. The molecule has 0 spiro atoms. The van der Waals surface area contributed by atoms with Crippen LogP contribution >= 0.6 is 12.4 Å². The number of carbonyl (C=O) groups excluding carboxylic acids is 1. The number of likely N-dealkylation sites (tertiary alicyclic amines) is 1. The van der Waals surface area contributed by atoms with Gasteiger partial charge in [0.25, 0.3) is 5.91 Å². The number of nitrogens with two attached hydrogens (primary N) is 1. The molecule has 1 aromatic rings. The molecule has 0 bridgehead atoms. The Hall–Kier alpha value is -1.20. The van der Waals surface area contributed by atoms with Crippen molar-refractivity contribution < 1.29 is 13.6 Å². The lowest BCUT2D eigenvalue weighted by atomic mass is 10.1. The van der Waals surface area contributed by atoms with Crippen molar-refractivity contribution in [3.63, 3.8) is 0 Å². The minimum absolute atomic E-state index is 0. The molecule has 1 aromatic carbocycles. The lowest BCUT2D eigenvalue weighted by Crippen LogP contribution is -2.45. The third kappa shape index (κ3) is 3.17. The SMILES string of the molecule is Cl.N[C@@H]1CCCN(C(=O)c2ccc(F)cc2F)C1. The van der Waals surface area contributed by atoms with Crippen LogP contribution in [0.15, 0.2) is 18.2 Å². The predicted molar refractivity (Wildman–Crippen MR) is 66.7 cm³/mol. The summed E-state index contributed by atoms with van der Waals surface area (Å²) in [4.78, 5) is 13.5. The maximum Gasteiger partial charge on any atom is 0.256 e. The van der Waals surface area contributed by atoms with Crippen molar-refractivity contribution >= 4 is 18.3 Å². The largest absolute Gasteiger partial charge is 0.337 e. The molecule has 18 heavy (non-hydrogen) atoms. The number of hydrogen-bond acceptors (Lipinski definition) is 2. The molecule has 0 saturated carbocycles. The first-order valence-corrected chi connectivity index (χ1v) is 5.58. The van der Waals surface area contributed by atoms with Crippen LogP contribution in [0.1, 0.15) is 23.2 Å². The average molecular weight is 277 g/mol. The van der Waals surface area contributed by atoms with E-state index in [2.05, 4.69) is 0 Å². The van der Waals surface area contributed by atoms with E-state index in [1.54, 1.807) is 0 Å².